The maximum absolute atomic E-state index is 13.3. The van der Waals surface area contributed by atoms with E-state index >= 15 is 0 Å². The van der Waals surface area contributed by atoms with Crippen LogP contribution in [-0.4, -0.2) is 12.5 Å². The Morgan fingerprint density at radius 1 is 1.43 bits per heavy atom. The molecule has 0 saturated carbocycles. The van der Waals surface area contributed by atoms with Crippen molar-refractivity contribution < 1.29 is 9.18 Å². The van der Waals surface area contributed by atoms with Gasteiger partial charge in [-0.15, -0.1) is 11.3 Å². The summed E-state index contributed by atoms with van der Waals surface area (Å²) in [6.45, 7) is 2.60. The second kappa shape index (κ2) is 7.02. The maximum Gasteiger partial charge on any atom is 0.252 e. The summed E-state index contributed by atoms with van der Waals surface area (Å²) in [5.74, 6) is 4.66. The molecule has 0 unspecified atom stereocenters. The molecule has 0 saturated heterocycles. The smallest absolute Gasteiger partial charge is 0.252 e. The maximum atomic E-state index is 13.3. The van der Waals surface area contributed by atoms with Crippen molar-refractivity contribution in [1.29, 1.82) is 0 Å². The summed E-state index contributed by atoms with van der Waals surface area (Å²) in [5.41, 5.74) is 7.16. The molecule has 0 bridgehead atoms. The Balaban J connectivity index is 2.17. The summed E-state index contributed by atoms with van der Waals surface area (Å²) < 4.78 is 13.3. The Morgan fingerprint density at radius 2 is 2.24 bits per heavy atom. The highest BCUT2D eigenvalue weighted by Crippen LogP contribution is 2.16. The van der Waals surface area contributed by atoms with Gasteiger partial charge in [0.05, 0.1) is 18.7 Å². The van der Waals surface area contributed by atoms with Gasteiger partial charge in [-0.3, -0.25) is 4.79 Å². The van der Waals surface area contributed by atoms with Gasteiger partial charge in [0.15, 0.2) is 0 Å². The van der Waals surface area contributed by atoms with Gasteiger partial charge < -0.3 is 11.1 Å². The molecule has 0 atom stereocenters. The summed E-state index contributed by atoms with van der Waals surface area (Å²) in [6, 6.07) is 5.93. The first-order valence-corrected chi connectivity index (χ1v) is 7.29. The normalized spacial score (nSPS) is 9.86. The molecule has 5 heteroatoms. The predicted octanol–water partition coefficient (Wildman–Crippen LogP) is 2.44. The minimum Gasteiger partial charge on any atom is -0.347 e. The highest BCUT2D eigenvalue weighted by Gasteiger charge is 2.11. The predicted molar refractivity (Wildman–Crippen MR) is 82.6 cm³/mol. The standard InChI is InChI=1S/C16H15FN2OS/c1-11-6-8-21-15(11)10-19-16(20)14-5-4-13(17)9-12(14)3-2-7-18/h4-6,8-9H,7,10,18H2,1H3,(H,19,20). The van der Waals surface area contributed by atoms with Gasteiger partial charge in [-0.25, -0.2) is 4.39 Å². The summed E-state index contributed by atoms with van der Waals surface area (Å²) in [7, 11) is 0. The zero-order valence-electron chi connectivity index (χ0n) is 11.6. The van der Waals surface area contributed by atoms with Crippen LogP contribution in [0, 0.1) is 24.6 Å². The molecule has 0 aliphatic rings. The first-order valence-electron chi connectivity index (χ1n) is 6.41. The van der Waals surface area contributed by atoms with Gasteiger partial charge in [0.1, 0.15) is 5.82 Å². The number of nitrogens with one attached hydrogen (secondary N) is 1. The third-order valence-corrected chi connectivity index (χ3v) is 3.95. The lowest BCUT2D eigenvalue weighted by Gasteiger charge is -2.07. The second-order valence-electron chi connectivity index (χ2n) is 4.41. The Labute approximate surface area is 127 Å². The third-order valence-electron chi connectivity index (χ3n) is 2.93. The van der Waals surface area contributed by atoms with E-state index in [1.54, 1.807) is 11.3 Å². The van der Waals surface area contributed by atoms with Crippen molar-refractivity contribution in [3.63, 3.8) is 0 Å². The number of amides is 1. The summed E-state index contributed by atoms with van der Waals surface area (Å²) >= 11 is 1.59. The molecular weight excluding hydrogens is 287 g/mol. The Morgan fingerprint density at radius 3 is 2.90 bits per heavy atom. The number of rotatable bonds is 3. The second-order valence-corrected chi connectivity index (χ2v) is 5.41. The molecule has 0 fully saturated rings. The van der Waals surface area contributed by atoms with Gasteiger partial charge in [-0.05, 0) is 42.1 Å². The lowest BCUT2D eigenvalue weighted by molar-refractivity contribution is 0.0951. The Hall–Kier alpha value is -2.16. The Kier molecular flexibility index (Phi) is 5.09. The number of carbonyl (C=O) groups is 1. The van der Waals surface area contributed by atoms with Crippen molar-refractivity contribution in [3.05, 3.63) is 57.0 Å². The van der Waals surface area contributed by atoms with E-state index in [0.717, 1.165) is 10.4 Å². The highest BCUT2D eigenvalue weighted by atomic mass is 32.1. The molecule has 108 valence electrons. The van der Waals surface area contributed by atoms with E-state index in [0.29, 0.717) is 17.7 Å². The topological polar surface area (TPSA) is 55.1 Å². The van der Waals surface area contributed by atoms with Crippen LogP contribution < -0.4 is 11.1 Å². The minimum atomic E-state index is -0.429. The molecule has 2 rings (SSSR count). The number of benzene rings is 1. The molecule has 3 N–H and O–H groups in total. The molecule has 0 radical (unpaired) electrons. The van der Waals surface area contributed by atoms with Crippen LogP contribution in [0.4, 0.5) is 4.39 Å². The Bertz CT molecular complexity index is 713. The summed E-state index contributed by atoms with van der Waals surface area (Å²) in [4.78, 5) is 13.3. The SMILES string of the molecule is Cc1ccsc1CNC(=O)c1ccc(F)cc1C#CCN. The molecule has 1 heterocycles. The zero-order chi connectivity index (χ0) is 15.2. The van der Waals surface area contributed by atoms with Crippen LogP contribution in [0.5, 0.6) is 0 Å². The van der Waals surface area contributed by atoms with Crippen LogP contribution in [0.15, 0.2) is 29.6 Å². The van der Waals surface area contributed by atoms with Crippen LogP contribution >= 0.6 is 11.3 Å². The lowest BCUT2D eigenvalue weighted by Crippen LogP contribution is -2.23. The van der Waals surface area contributed by atoms with Crippen molar-refractivity contribution in [2.24, 2.45) is 5.73 Å². The fourth-order valence-electron chi connectivity index (χ4n) is 1.81. The van der Waals surface area contributed by atoms with Crippen LogP contribution in [0.25, 0.3) is 0 Å². The van der Waals surface area contributed by atoms with Crippen LogP contribution in [0.1, 0.15) is 26.4 Å². The van der Waals surface area contributed by atoms with Crippen molar-refractivity contribution in [2.45, 2.75) is 13.5 Å². The van der Waals surface area contributed by atoms with Gasteiger partial charge in [-0.2, -0.15) is 0 Å². The number of halogens is 1. The van der Waals surface area contributed by atoms with E-state index in [2.05, 4.69) is 17.2 Å². The van der Waals surface area contributed by atoms with Gasteiger partial charge in [0.25, 0.3) is 5.91 Å². The van der Waals surface area contributed by atoms with Crippen LogP contribution in [-0.2, 0) is 6.54 Å². The number of hydrogen-bond donors (Lipinski definition) is 2. The number of thiophene rings is 1. The van der Waals surface area contributed by atoms with E-state index < -0.39 is 5.82 Å². The van der Waals surface area contributed by atoms with Crippen molar-refractivity contribution in [1.82, 2.24) is 5.32 Å². The molecule has 1 aromatic heterocycles. The number of hydrogen-bond acceptors (Lipinski definition) is 3. The van der Waals surface area contributed by atoms with E-state index in [9.17, 15) is 9.18 Å². The number of carbonyl (C=O) groups excluding carboxylic acids is 1. The van der Waals surface area contributed by atoms with E-state index in [1.807, 2.05) is 18.4 Å². The minimum absolute atomic E-state index is 0.159. The highest BCUT2D eigenvalue weighted by molar-refractivity contribution is 7.10. The molecule has 3 nitrogen and oxygen atoms in total. The number of aryl methyl sites for hydroxylation is 1. The first kappa shape index (κ1) is 15.2. The summed E-state index contributed by atoms with van der Waals surface area (Å²) in [5, 5.41) is 4.81. The zero-order valence-corrected chi connectivity index (χ0v) is 12.4. The average Bonchev–Trinajstić information content (AvgIpc) is 2.88. The molecule has 21 heavy (non-hydrogen) atoms. The third kappa shape index (κ3) is 3.91. The van der Waals surface area contributed by atoms with E-state index in [-0.39, 0.29) is 12.5 Å². The van der Waals surface area contributed by atoms with Crippen molar-refractivity contribution in [3.8, 4) is 11.8 Å². The van der Waals surface area contributed by atoms with Gasteiger partial charge >= 0.3 is 0 Å². The average molecular weight is 302 g/mol. The van der Waals surface area contributed by atoms with Gasteiger partial charge in [0, 0.05) is 10.4 Å². The van der Waals surface area contributed by atoms with Crippen molar-refractivity contribution in [2.75, 3.05) is 6.54 Å². The van der Waals surface area contributed by atoms with E-state index in [1.165, 1.54) is 18.2 Å². The molecular formula is C16H15FN2OS. The van der Waals surface area contributed by atoms with Crippen LogP contribution in [0.3, 0.4) is 0 Å². The molecule has 1 aromatic carbocycles. The molecule has 0 aliphatic carbocycles. The van der Waals surface area contributed by atoms with Gasteiger partial charge in [-0.1, -0.05) is 11.8 Å². The fraction of sp³-hybridized carbons (Fsp3) is 0.188. The fourth-order valence-corrected chi connectivity index (χ4v) is 2.65. The number of nitrogens with two attached hydrogens (primary N) is 1. The lowest BCUT2D eigenvalue weighted by atomic mass is 10.1. The monoisotopic (exact) mass is 302 g/mol. The molecule has 2 aromatic rings. The summed E-state index contributed by atoms with van der Waals surface area (Å²) in [6.07, 6.45) is 0. The molecule has 0 aliphatic heterocycles. The van der Waals surface area contributed by atoms with Crippen LogP contribution in [0.2, 0.25) is 0 Å². The van der Waals surface area contributed by atoms with Gasteiger partial charge in [0.2, 0.25) is 0 Å². The molecule has 1 amide bonds. The quantitative estimate of drug-likeness (QED) is 0.856. The first-order chi connectivity index (χ1) is 10.1. The largest absolute Gasteiger partial charge is 0.347 e. The molecule has 0 spiro atoms. The van der Waals surface area contributed by atoms with Crippen molar-refractivity contribution >= 4 is 17.2 Å². The van der Waals surface area contributed by atoms with E-state index in [4.69, 9.17) is 5.73 Å².